The summed E-state index contributed by atoms with van der Waals surface area (Å²) in [5, 5.41) is 2.48. The van der Waals surface area contributed by atoms with Gasteiger partial charge in [-0.15, -0.1) is 11.3 Å². The Morgan fingerprint density at radius 1 is 1.11 bits per heavy atom. The van der Waals surface area contributed by atoms with Crippen molar-refractivity contribution in [3.63, 3.8) is 0 Å². The van der Waals surface area contributed by atoms with E-state index in [0.717, 1.165) is 17.4 Å². The van der Waals surface area contributed by atoms with Crippen molar-refractivity contribution in [1.29, 1.82) is 0 Å². The van der Waals surface area contributed by atoms with Gasteiger partial charge in [-0.1, -0.05) is 23.2 Å². The molecule has 2 amide bonds. The predicted octanol–water partition coefficient (Wildman–Crippen LogP) is 2.11. The first-order chi connectivity index (χ1) is 17.3. The van der Waals surface area contributed by atoms with E-state index in [1.165, 1.54) is 33.1 Å². The van der Waals surface area contributed by atoms with Gasteiger partial charge in [0.2, 0.25) is 10.0 Å². The average Bonchev–Trinajstić information content (AvgIpc) is 3.14. The highest BCUT2D eigenvalue weighted by Crippen LogP contribution is 2.33. The van der Waals surface area contributed by atoms with E-state index in [1.54, 1.807) is 0 Å². The van der Waals surface area contributed by atoms with Gasteiger partial charge < -0.3 is 25.3 Å². The third-order valence-corrected chi connectivity index (χ3v) is 8.08. The van der Waals surface area contributed by atoms with Crippen LogP contribution < -0.4 is 15.8 Å². The van der Waals surface area contributed by atoms with Crippen LogP contribution in [0.25, 0.3) is 0 Å². The highest BCUT2D eigenvalue weighted by atomic mass is 35.5. The second kappa shape index (κ2) is 13.2. The van der Waals surface area contributed by atoms with Crippen molar-refractivity contribution in [1.82, 2.24) is 4.72 Å². The van der Waals surface area contributed by atoms with Crippen molar-refractivity contribution in [2.75, 3.05) is 32.2 Å². The third kappa shape index (κ3) is 8.12. The SMILES string of the molecule is COCCOC(=O)c1c(NC(=O)COC(=O)[C@@H](C)NS(=O)(=O)c2ccc(Cl)c(Cl)c2)sc(C(N)=O)c1C. The van der Waals surface area contributed by atoms with Gasteiger partial charge in [0.1, 0.15) is 17.6 Å². The Morgan fingerprint density at radius 2 is 1.78 bits per heavy atom. The Labute approximate surface area is 226 Å². The van der Waals surface area contributed by atoms with E-state index >= 15 is 0 Å². The zero-order valence-corrected chi connectivity index (χ0v) is 22.9. The number of nitrogens with one attached hydrogen (secondary N) is 2. The normalized spacial score (nSPS) is 12.0. The molecule has 1 atom stereocenters. The molecule has 1 aromatic heterocycles. The van der Waals surface area contributed by atoms with Crippen molar-refractivity contribution >= 4 is 73.3 Å². The molecular formula is C21H23Cl2N3O9S2. The maximum Gasteiger partial charge on any atom is 0.341 e. The zero-order valence-electron chi connectivity index (χ0n) is 19.8. The van der Waals surface area contributed by atoms with Crippen LogP contribution in [0.5, 0.6) is 0 Å². The Balaban J connectivity index is 2.05. The van der Waals surface area contributed by atoms with Crippen LogP contribution in [0, 0.1) is 6.92 Å². The minimum atomic E-state index is -4.16. The number of carbonyl (C=O) groups is 4. The highest BCUT2D eigenvalue weighted by molar-refractivity contribution is 7.89. The van der Waals surface area contributed by atoms with Crippen LogP contribution in [0.4, 0.5) is 5.00 Å². The molecule has 0 spiro atoms. The molecule has 0 saturated carbocycles. The molecule has 12 nitrogen and oxygen atoms in total. The van der Waals surface area contributed by atoms with Gasteiger partial charge in [0.05, 0.1) is 32.0 Å². The smallest absolute Gasteiger partial charge is 0.341 e. The molecule has 0 unspecified atom stereocenters. The molecule has 16 heteroatoms. The number of anilines is 1. The number of sulfonamides is 1. The van der Waals surface area contributed by atoms with E-state index < -0.39 is 46.4 Å². The molecule has 0 radical (unpaired) electrons. The minimum Gasteiger partial charge on any atom is -0.460 e. The number of rotatable bonds is 12. The lowest BCUT2D eigenvalue weighted by molar-refractivity contribution is -0.148. The molecule has 0 aliphatic rings. The summed E-state index contributed by atoms with van der Waals surface area (Å²) in [7, 11) is -2.75. The standard InChI is InChI=1S/C21H23Cl2N3O9S2/c1-10-16(21(30)34-7-6-33-3)19(36-17(10)18(24)28)25-15(27)9-35-20(29)11(2)26-37(31,32)12-4-5-13(22)14(23)8-12/h4-5,8,11,26H,6-7,9H2,1-3H3,(H2,24,28)(H,25,27)/t11-/m1/s1. The Kier molecular flexibility index (Phi) is 10.8. The van der Waals surface area contributed by atoms with E-state index in [1.807, 2.05) is 0 Å². The number of ether oxygens (including phenoxy) is 3. The molecule has 0 aliphatic heterocycles. The molecule has 37 heavy (non-hydrogen) atoms. The van der Waals surface area contributed by atoms with Gasteiger partial charge in [0, 0.05) is 7.11 Å². The maximum atomic E-state index is 12.5. The van der Waals surface area contributed by atoms with Gasteiger partial charge in [-0.25, -0.2) is 13.2 Å². The fourth-order valence-corrected chi connectivity index (χ4v) is 5.43. The van der Waals surface area contributed by atoms with Crippen LogP contribution in [0.15, 0.2) is 23.1 Å². The van der Waals surface area contributed by atoms with Crippen molar-refractivity contribution in [3.05, 3.63) is 44.2 Å². The van der Waals surface area contributed by atoms with E-state index in [-0.39, 0.29) is 49.2 Å². The summed E-state index contributed by atoms with van der Waals surface area (Å²) >= 11 is 12.4. The number of carbonyl (C=O) groups excluding carboxylic acids is 4. The average molecular weight is 596 g/mol. The largest absolute Gasteiger partial charge is 0.460 e. The molecule has 202 valence electrons. The lowest BCUT2D eigenvalue weighted by Crippen LogP contribution is -2.40. The number of halogens is 2. The minimum absolute atomic E-state index is 0.00157. The first kappa shape index (κ1) is 30.5. The van der Waals surface area contributed by atoms with Gasteiger partial charge in [-0.2, -0.15) is 4.72 Å². The number of methoxy groups -OCH3 is 1. The van der Waals surface area contributed by atoms with Gasteiger partial charge >= 0.3 is 11.9 Å². The van der Waals surface area contributed by atoms with Crippen LogP contribution in [0.1, 0.15) is 32.5 Å². The Morgan fingerprint density at radius 3 is 2.38 bits per heavy atom. The fraction of sp³-hybridized carbons (Fsp3) is 0.333. The fourth-order valence-electron chi connectivity index (χ4n) is 2.79. The number of thiophene rings is 1. The Bertz CT molecular complexity index is 1310. The third-order valence-electron chi connectivity index (χ3n) is 4.58. The molecule has 0 bridgehead atoms. The molecule has 0 saturated heterocycles. The lowest BCUT2D eigenvalue weighted by atomic mass is 10.1. The monoisotopic (exact) mass is 595 g/mol. The van der Waals surface area contributed by atoms with E-state index in [9.17, 15) is 27.6 Å². The van der Waals surface area contributed by atoms with Crippen LogP contribution in [0.2, 0.25) is 10.0 Å². The van der Waals surface area contributed by atoms with Crippen LogP contribution in [-0.2, 0) is 33.8 Å². The zero-order chi connectivity index (χ0) is 27.9. The van der Waals surface area contributed by atoms with Crippen LogP contribution in [0.3, 0.4) is 0 Å². The van der Waals surface area contributed by atoms with Crippen molar-refractivity contribution in [2.24, 2.45) is 5.73 Å². The number of benzene rings is 1. The highest BCUT2D eigenvalue weighted by Gasteiger charge is 2.27. The van der Waals surface area contributed by atoms with E-state index in [2.05, 4.69) is 10.0 Å². The number of nitrogens with two attached hydrogens (primary N) is 1. The summed E-state index contributed by atoms with van der Waals surface area (Å²) in [6.07, 6.45) is 0. The molecule has 2 rings (SSSR count). The van der Waals surface area contributed by atoms with Gasteiger partial charge in [0.15, 0.2) is 6.61 Å². The van der Waals surface area contributed by atoms with E-state index in [0.29, 0.717) is 0 Å². The number of esters is 2. The number of amides is 2. The first-order valence-corrected chi connectivity index (χ1v) is 13.4. The summed E-state index contributed by atoms with van der Waals surface area (Å²) in [5.41, 5.74) is 5.46. The molecular weight excluding hydrogens is 573 g/mol. The predicted molar refractivity (Wildman–Crippen MR) is 136 cm³/mol. The van der Waals surface area contributed by atoms with Crippen LogP contribution in [-0.4, -0.2) is 65.1 Å². The molecule has 2 aromatic rings. The second-order valence-corrected chi connectivity index (χ2v) is 10.9. The summed E-state index contributed by atoms with van der Waals surface area (Å²) in [6.45, 7) is 1.91. The van der Waals surface area contributed by atoms with Crippen molar-refractivity contribution in [3.8, 4) is 0 Å². The summed E-state index contributed by atoms with van der Waals surface area (Å²) in [4.78, 5) is 48.7. The lowest BCUT2D eigenvalue weighted by Gasteiger charge is -2.14. The van der Waals surface area contributed by atoms with Crippen molar-refractivity contribution in [2.45, 2.75) is 24.8 Å². The topological polar surface area (TPSA) is 180 Å². The van der Waals surface area contributed by atoms with Gasteiger partial charge in [-0.05, 0) is 37.6 Å². The number of hydrogen-bond donors (Lipinski definition) is 3. The summed E-state index contributed by atoms with van der Waals surface area (Å²) in [6, 6.07) is 2.22. The quantitative estimate of drug-likeness (QED) is 0.244. The number of primary amides is 1. The van der Waals surface area contributed by atoms with Gasteiger partial charge in [-0.3, -0.25) is 14.4 Å². The maximum absolute atomic E-state index is 12.5. The molecule has 4 N–H and O–H groups in total. The number of hydrogen-bond acceptors (Lipinski definition) is 10. The van der Waals surface area contributed by atoms with Crippen LogP contribution >= 0.6 is 34.5 Å². The summed E-state index contributed by atoms with van der Waals surface area (Å²) in [5.74, 6) is -3.56. The van der Waals surface area contributed by atoms with Crippen molar-refractivity contribution < 1.29 is 41.8 Å². The molecule has 0 aliphatic carbocycles. The first-order valence-electron chi connectivity index (χ1n) is 10.3. The molecule has 0 fully saturated rings. The molecule has 1 aromatic carbocycles. The Hall–Kier alpha value is -2.75. The summed E-state index contributed by atoms with van der Waals surface area (Å²) < 4.78 is 41.8. The molecule has 1 heterocycles. The second-order valence-electron chi connectivity index (χ2n) is 7.33. The van der Waals surface area contributed by atoms with Gasteiger partial charge in [0.25, 0.3) is 11.8 Å². The van der Waals surface area contributed by atoms with E-state index in [4.69, 9.17) is 43.1 Å².